The van der Waals surface area contributed by atoms with Gasteiger partial charge in [-0.15, -0.1) is 0 Å². The maximum atomic E-state index is 13.6. The van der Waals surface area contributed by atoms with Gasteiger partial charge in [0.2, 0.25) is 5.91 Å². The molecule has 2 atom stereocenters. The van der Waals surface area contributed by atoms with Gasteiger partial charge in [-0.25, -0.2) is 4.39 Å². The summed E-state index contributed by atoms with van der Waals surface area (Å²) in [5.41, 5.74) is 6.79. The number of amides is 1. The first-order chi connectivity index (χ1) is 10.1. The molecule has 1 aromatic carbocycles. The van der Waals surface area contributed by atoms with E-state index in [9.17, 15) is 9.18 Å². The molecule has 3 N–H and O–H groups in total. The highest BCUT2D eigenvalue weighted by atomic mass is 19.1. The number of hydrogen-bond acceptors (Lipinski definition) is 2. The van der Waals surface area contributed by atoms with Crippen LogP contribution in [0.5, 0.6) is 0 Å². The van der Waals surface area contributed by atoms with Crippen molar-refractivity contribution in [1.29, 1.82) is 0 Å². The molecule has 0 heterocycles. The third-order valence-corrected chi connectivity index (χ3v) is 5.19. The van der Waals surface area contributed by atoms with Gasteiger partial charge >= 0.3 is 0 Å². The lowest BCUT2D eigenvalue weighted by atomic mass is 9.65. The molecule has 2 unspecified atom stereocenters. The van der Waals surface area contributed by atoms with Crippen molar-refractivity contribution in [2.24, 2.45) is 23.5 Å². The predicted molar refractivity (Wildman–Crippen MR) is 79.8 cm³/mol. The van der Waals surface area contributed by atoms with E-state index < -0.39 is 0 Å². The van der Waals surface area contributed by atoms with Crippen LogP contribution in [0.15, 0.2) is 24.3 Å². The van der Waals surface area contributed by atoms with Crippen LogP contribution in [0, 0.1) is 23.6 Å². The van der Waals surface area contributed by atoms with E-state index in [2.05, 4.69) is 5.32 Å². The van der Waals surface area contributed by atoms with Crippen molar-refractivity contribution in [3.05, 3.63) is 35.6 Å². The van der Waals surface area contributed by atoms with Crippen molar-refractivity contribution in [3.63, 3.8) is 0 Å². The fraction of sp³-hybridized carbons (Fsp3) is 0.588. The summed E-state index contributed by atoms with van der Waals surface area (Å²) in [6.07, 6.45) is 5.32. The third-order valence-electron chi connectivity index (χ3n) is 5.19. The Labute approximate surface area is 125 Å². The van der Waals surface area contributed by atoms with Crippen molar-refractivity contribution in [2.45, 2.75) is 44.7 Å². The Kier molecular flexibility index (Phi) is 4.24. The lowest BCUT2D eigenvalue weighted by Gasteiger charge is -2.43. The molecule has 2 aliphatic rings. The highest BCUT2D eigenvalue weighted by molar-refractivity contribution is 5.78. The molecular weight excluding hydrogens is 267 g/mol. The molecule has 0 spiro atoms. The quantitative estimate of drug-likeness (QED) is 0.899. The van der Waals surface area contributed by atoms with Crippen molar-refractivity contribution < 1.29 is 9.18 Å². The van der Waals surface area contributed by atoms with Crippen LogP contribution in [0.3, 0.4) is 0 Å². The average Bonchev–Trinajstić information content (AvgIpc) is 2.46. The molecule has 0 saturated heterocycles. The lowest BCUT2D eigenvalue weighted by molar-refractivity contribution is -0.128. The summed E-state index contributed by atoms with van der Waals surface area (Å²) in [6.45, 7) is 0.267. The van der Waals surface area contributed by atoms with Gasteiger partial charge in [0.1, 0.15) is 5.82 Å². The van der Waals surface area contributed by atoms with Gasteiger partial charge in [0.15, 0.2) is 0 Å². The summed E-state index contributed by atoms with van der Waals surface area (Å²) >= 11 is 0. The van der Waals surface area contributed by atoms with Crippen LogP contribution in [0.25, 0.3) is 0 Å². The van der Waals surface area contributed by atoms with Crippen LogP contribution < -0.4 is 11.1 Å². The number of nitrogens with one attached hydrogen (secondary N) is 1. The molecule has 0 aromatic heterocycles. The highest BCUT2D eigenvalue weighted by Gasteiger charge is 2.40. The predicted octanol–water partition coefficient (Wildman–Crippen LogP) is 2.60. The first kappa shape index (κ1) is 14.5. The number of carbonyl (C=O) groups excluding carboxylic acids is 1. The van der Waals surface area contributed by atoms with Gasteiger partial charge in [-0.1, -0.05) is 24.6 Å². The summed E-state index contributed by atoms with van der Waals surface area (Å²) in [5.74, 6) is 0.817. The standard InChI is InChI=1S/C17H23FN2O/c18-15-7-2-1-4-13(15)10-20-17(21)14-8-11-5-3-6-12(9-14)16(11)19/h1-2,4,7,11-12,14,16H,3,5-6,8-10,19H2,(H,20,21). The van der Waals surface area contributed by atoms with E-state index in [-0.39, 0.29) is 30.2 Å². The summed E-state index contributed by atoms with van der Waals surface area (Å²) in [4.78, 5) is 12.3. The Morgan fingerprint density at radius 2 is 1.90 bits per heavy atom. The minimum Gasteiger partial charge on any atom is -0.352 e. The number of rotatable bonds is 3. The largest absolute Gasteiger partial charge is 0.352 e. The van der Waals surface area contributed by atoms with Gasteiger partial charge < -0.3 is 11.1 Å². The van der Waals surface area contributed by atoms with Gasteiger partial charge in [-0.3, -0.25) is 4.79 Å². The van der Waals surface area contributed by atoms with Gasteiger partial charge in [-0.2, -0.15) is 0 Å². The van der Waals surface area contributed by atoms with E-state index in [0.717, 1.165) is 25.7 Å². The van der Waals surface area contributed by atoms with Crippen LogP contribution in [-0.2, 0) is 11.3 Å². The molecule has 3 rings (SSSR count). The highest BCUT2D eigenvalue weighted by Crippen LogP contribution is 2.41. The molecule has 0 aliphatic heterocycles. The maximum Gasteiger partial charge on any atom is 0.223 e. The SMILES string of the molecule is NC1C2CCCC1CC(C(=O)NCc1ccccc1F)C2. The smallest absolute Gasteiger partial charge is 0.223 e. The topological polar surface area (TPSA) is 55.1 Å². The van der Waals surface area contributed by atoms with E-state index in [1.807, 2.05) is 0 Å². The number of benzene rings is 1. The molecule has 2 fully saturated rings. The van der Waals surface area contributed by atoms with Crippen molar-refractivity contribution in [2.75, 3.05) is 0 Å². The summed E-state index contributed by atoms with van der Waals surface area (Å²) in [6, 6.07) is 6.85. The van der Waals surface area contributed by atoms with Gasteiger partial charge in [0.05, 0.1) is 0 Å². The van der Waals surface area contributed by atoms with E-state index in [0.29, 0.717) is 17.4 Å². The second-order valence-electron chi connectivity index (χ2n) is 6.51. The molecule has 114 valence electrons. The third kappa shape index (κ3) is 3.10. The molecule has 2 bridgehead atoms. The Hall–Kier alpha value is -1.42. The maximum absolute atomic E-state index is 13.6. The second-order valence-corrected chi connectivity index (χ2v) is 6.51. The molecular formula is C17H23FN2O. The van der Waals surface area contributed by atoms with E-state index >= 15 is 0 Å². The average molecular weight is 290 g/mol. The van der Waals surface area contributed by atoms with E-state index in [1.54, 1.807) is 18.2 Å². The Morgan fingerprint density at radius 1 is 1.24 bits per heavy atom. The molecule has 0 radical (unpaired) electrons. The van der Waals surface area contributed by atoms with Gasteiger partial charge in [-0.05, 0) is 43.6 Å². The lowest BCUT2D eigenvalue weighted by Crippen LogP contribution is -2.49. The molecule has 21 heavy (non-hydrogen) atoms. The number of nitrogens with two attached hydrogens (primary N) is 1. The molecule has 4 heteroatoms. The van der Waals surface area contributed by atoms with Crippen LogP contribution in [0.2, 0.25) is 0 Å². The van der Waals surface area contributed by atoms with E-state index in [4.69, 9.17) is 5.73 Å². The zero-order valence-corrected chi connectivity index (χ0v) is 12.2. The fourth-order valence-electron chi connectivity index (χ4n) is 3.97. The minimum absolute atomic E-state index is 0.0480. The molecule has 2 aliphatic carbocycles. The zero-order valence-electron chi connectivity index (χ0n) is 12.2. The second kappa shape index (κ2) is 6.14. The van der Waals surface area contributed by atoms with Gasteiger partial charge in [0.25, 0.3) is 0 Å². The van der Waals surface area contributed by atoms with E-state index in [1.165, 1.54) is 12.5 Å². The van der Waals surface area contributed by atoms with Crippen LogP contribution in [0.4, 0.5) is 4.39 Å². The van der Waals surface area contributed by atoms with Crippen LogP contribution in [0.1, 0.15) is 37.7 Å². The molecule has 3 nitrogen and oxygen atoms in total. The molecule has 1 aromatic rings. The fourth-order valence-corrected chi connectivity index (χ4v) is 3.97. The zero-order chi connectivity index (χ0) is 14.8. The number of carbonyl (C=O) groups is 1. The van der Waals surface area contributed by atoms with Crippen LogP contribution in [-0.4, -0.2) is 11.9 Å². The normalized spacial score (nSPS) is 31.7. The van der Waals surface area contributed by atoms with Crippen LogP contribution >= 0.6 is 0 Å². The van der Waals surface area contributed by atoms with Crippen molar-refractivity contribution in [1.82, 2.24) is 5.32 Å². The minimum atomic E-state index is -0.264. The van der Waals surface area contributed by atoms with Gasteiger partial charge in [0, 0.05) is 24.1 Å². The first-order valence-corrected chi connectivity index (χ1v) is 7.92. The summed E-state index contributed by atoms with van der Waals surface area (Å²) in [7, 11) is 0. The molecule has 1 amide bonds. The number of fused-ring (bicyclic) bond motifs is 2. The number of halogens is 1. The summed E-state index contributed by atoms with van der Waals surface area (Å²) < 4.78 is 13.6. The Balaban J connectivity index is 1.58. The van der Waals surface area contributed by atoms with Crippen molar-refractivity contribution >= 4 is 5.91 Å². The molecule has 2 saturated carbocycles. The van der Waals surface area contributed by atoms with Crippen molar-refractivity contribution in [3.8, 4) is 0 Å². The monoisotopic (exact) mass is 290 g/mol. The first-order valence-electron chi connectivity index (χ1n) is 7.92. The Bertz CT molecular complexity index is 505. The number of hydrogen-bond donors (Lipinski definition) is 2. The summed E-state index contributed by atoms with van der Waals surface area (Å²) in [5, 5.41) is 2.89. The Morgan fingerprint density at radius 3 is 2.57 bits per heavy atom.